The molecule has 0 aliphatic heterocycles. The summed E-state index contributed by atoms with van der Waals surface area (Å²) in [5.74, 6) is -0.799. The first-order chi connectivity index (χ1) is 8.97. The van der Waals surface area contributed by atoms with E-state index in [-0.39, 0.29) is 21.9 Å². The quantitative estimate of drug-likeness (QED) is 0.659. The molecule has 0 saturated heterocycles. The van der Waals surface area contributed by atoms with Gasteiger partial charge in [-0.15, -0.1) is 0 Å². The number of nitro benzene ring substituents is 1. The molecule has 1 fully saturated rings. The van der Waals surface area contributed by atoms with E-state index in [2.05, 4.69) is 5.32 Å². The second-order valence-electron chi connectivity index (χ2n) is 4.86. The molecule has 1 saturated carbocycles. The lowest BCUT2D eigenvalue weighted by Gasteiger charge is -2.29. The Bertz CT molecular complexity index is 504. The van der Waals surface area contributed by atoms with Gasteiger partial charge in [-0.05, 0) is 18.9 Å². The molecule has 104 valence electrons. The molecule has 2 rings (SSSR count). The van der Waals surface area contributed by atoms with Crippen molar-refractivity contribution >= 4 is 23.0 Å². The minimum Gasteiger partial charge on any atom is -0.373 e. The molecule has 0 radical (unpaired) electrons. The van der Waals surface area contributed by atoms with Gasteiger partial charge in [0.15, 0.2) is 0 Å². The van der Waals surface area contributed by atoms with Gasteiger partial charge in [0, 0.05) is 12.1 Å². The summed E-state index contributed by atoms with van der Waals surface area (Å²) in [6.45, 7) is 0.374. The molecular weight excluding hydrogens is 273 g/mol. The molecule has 0 unspecified atom stereocenters. The predicted molar refractivity (Wildman–Crippen MR) is 71.9 cm³/mol. The van der Waals surface area contributed by atoms with Crippen molar-refractivity contribution in [2.75, 3.05) is 11.9 Å². The van der Waals surface area contributed by atoms with Gasteiger partial charge in [0.2, 0.25) is 0 Å². The molecule has 5 nitrogen and oxygen atoms in total. The van der Waals surface area contributed by atoms with Gasteiger partial charge < -0.3 is 11.1 Å². The molecule has 19 heavy (non-hydrogen) atoms. The second-order valence-corrected chi connectivity index (χ2v) is 5.26. The number of nitrogens with one attached hydrogen (secondary N) is 1. The van der Waals surface area contributed by atoms with Crippen molar-refractivity contribution in [3.63, 3.8) is 0 Å². The van der Waals surface area contributed by atoms with E-state index in [1.54, 1.807) is 0 Å². The minimum atomic E-state index is -0.799. The third-order valence-corrected chi connectivity index (χ3v) is 3.88. The normalized spacial score (nSPS) is 17.4. The third-order valence-electron chi connectivity index (χ3n) is 3.59. The molecule has 0 atom stereocenters. The fourth-order valence-corrected chi connectivity index (χ4v) is 2.67. The Morgan fingerprint density at radius 2 is 2.11 bits per heavy atom. The molecule has 1 aromatic carbocycles. The van der Waals surface area contributed by atoms with E-state index in [1.165, 1.54) is 6.07 Å². The first-order valence-electron chi connectivity index (χ1n) is 6.09. The maximum Gasteiger partial charge on any atom is 0.295 e. The molecule has 3 N–H and O–H groups in total. The zero-order valence-corrected chi connectivity index (χ0v) is 11.0. The Hall–Kier alpha value is -1.40. The summed E-state index contributed by atoms with van der Waals surface area (Å²) in [4.78, 5) is 10.4. The molecule has 0 bridgehead atoms. The Morgan fingerprint density at radius 1 is 1.47 bits per heavy atom. The highest BCUT2D eigenvalue weighted by Gasteiger charge is 2.34. The standard InChI is InChI=1S/C12H15ClFN3O2/c13-8-5-10(11(17(18)19)6-9(8)14)16-12(7-15)3-1-2-4-12/h5-6,16H,1-4,7,15H2. The number of nitro groups is 1. The predicted octanol–water partition coefficient (Wildman–Crippen LogP) is 3.07. The number of hydrogen-bond acceptors (Lipinski definition) is 4. The van der Waals surface area contributed by atoms with Crippen molar-refractivity contribution in [3.05, 3.63) is 33.1 Å². The molecule has 1 aliphatic carbocycles. The van der Waals surface area contributed by atoms with E-state index >= 15 is 0 Å². The summed E-state index contributed by atoms with van der Waals surface area (Å²) in [6.07, 6.45) is 3.73. The number of benzene rings is 1. The van der Waals surface area contributed by atoms with Crippen LogP contribution >= 0.6 is 11.6 Å². The van der Waals surface area contributed by atoms with Crippen LogP contribution in [0.2, 0.25) is 5.02 Å². The fourth-order valence-electron chi connectivity index (χ4n) is 2.51. The number of hydrogen-bond donors (Lipinski definition) is 2. The molecular formula is C12H15ClFN3O2. The van der Waals surface area contributed by atoms with E-state index in [9.17, 15) is 14.5 Å². The maximum absolute atomic E-state index is 13.3. The van der Waals surface area contributed by atoms with Crippen LogP contribution in [0.15, 0.2) is 12.1 Å². The van der Waals surface area contributed by atoms with Gasteiger partial charge in [-0.2, -0.15) is 0 Å². The summed E-state index contributed by atoms with van der Waals surface area (Å²) in [7, 11) is 0. The Kier molecular flexibility index (Phi) is 3.91. The van der Waals surface area contributed by atoms with Gasteiger partial charge in [-0.1, -0.05) is 24.4 Å². The van der Waals surface area contributed by atoms with E-state index in [0.717, 1.165) is 31.7 Å². The molecule has 0 spiro atoms. The second kappa shape index (κ2) is 5.30. The molecule has 7 heteroatoms. The molecule has 1 aliphatic rings. The first kappa shape index (κ1) is 14.0. The van der Waals surface area contributed by atoms with Crippen LogP contribution < -0.4 is 11.1 Å². The van der Waals surface area contributed by atoms with Gasteiger partial charge >= 0.3 is 0 Å². The SMILES string of the molecule is NCC1(Nc2cc(Cl)c(F)cc2[N+](=O)[O-])CCCC1. The van der Waals surface area contributed by atoms with Gasteiger partial charge in [-0.3, -0.25) is 10.1 Å². The first-order valence-corrected chi connectivity index (χ1v) is 6.47. The minimum absolute atomic E-state index is 0.140. The van der Waals surface area contributed by atoms with Crippen molar-refractivity contribution in [2.45, 2.75) is 31.2 Å². The zero-order valence-electron chi connectivity index (χ0n) is 10.3. The van der Waals surface area contributed by atoms with Crippen molar-refractivity contribution in [1.29, 1.82) is 0 Å². The highest BCUT2D eigenvalue weighted by molar-refractivity contribution is 6.31. The van der Waals surface area contributed by atoms with Crippen LogP contribution in [0, 0.1) is 15.9 Å². The van der Waals surface area contributed by atoms with Crippen LogP contribution in [0.25, 0.3) is 0 Å². The molecule has 0 heterocycles. The molecule has 0 aromatic heterocycles. The van der Waals surface area contributed by atoms with Crippen molar-refractivity contribution in [2.24, 2.45) is 5.73 Å². The van der Waals surface area contributed by atoms with Gasteiger partial charge in [0.25, 0.3) is 5.69 Å². The van der Waals surface area contributed by atoms with Crippen LogP contribution in [0.5, 0.6) is 0 Å². The molecule has 0 amide bonds. The van der Waals surface area contributed by atoms with Crippen LogP contribution in [-0.2, 0) is 0 Å². The largest absolute Gasteiger partial charge is 0.373 e. The van der Waals surface area contributed by atoms with Crippen LogP contribution in [0.1, 0.15) is 25.7 Å². The van der Waals surface area contributed by atoms with Gasteiger partial charge in [-0.25, -0.2) is 4.39 Å². The number of halogens is 2. The zero-order chi connectivity index (χ0) is 14.0. The maximum atomic E-state index is 13.3. The highest BCUT2D eigenvalue weighted by Crippen LogP contribution is 2.37. The number of nitrogens with zero attached hydrogens (tertiary/aromatic N) is 1. The number of rotatable bonds is 4. The van der Waals surface area contributed by atoms with E-state index in [0.29, 0.717) is 6.54 Å². The van der Waals surface area contributed by atoms with E-state index in [1.807, 2.05) is 0 Å². The van der Waals surface area contributed by atoms with Gasteiger partial charge in [0.1, 0.15) is 11.5 Å². The van der Waals surface area contributed by atoms with E-state index < -0.39 is 10.7 Å². The summed E-state index contributed by atoms with van der Waals surface area (Å²) < 4.78 is 13.3. The summed E-state index contributed by atoms with van der Waals surface area (Å²) in [5, 5.41) is 13.9. The number of nitrogens with two attached hydrogens (primary N) is 1. The Morgan fingerprint density at radius 3 is 2.63 bits per heavy atom. The highest BCUT2D eigenvalue weighted by atomic mass is 35.5. The fraction of sp³-hybridized carbons (Fsp3) is 0.500. The van der Waals surface area contributed by atoms with E-state index in [4.69, 9.17) is 17.3 Å². The lowest BCUT2D eigenvalue weighted by Crippen LogP contribution is -2.42. The summed E-state index contributed by atoms with van der Waals surface area (Å²) >= 11 is 5.70. The number of anilines is 1. The molecule has 1 aromatic rings. The van der Waals surface area contributed by atoms with Crippen LogP contribution in [-0.4, -0.2) is 17.0 Å². The lowest BCUT2D eigenvalue weighted by atomic mass is 9.97. The van der Waals surface area contributed by atoms with Crippen LogP contribution in [0.4, 0.5) is 15.8 Å². The smallest absolute Gasteiger partial charge is 0.295 e. The van der Waals surface area contributed by atoms with Crippen LogP contribution in [0.3, 0.4) is 0 Å². The average Bonchev–Trinajstić information content (AvgIpc) is 2.82. The van der Waals surface area contributed by atoms with Gasteiger partial charge in [0.05, 0.1) is 16.0 Å². The topological polar surface area (TPSA) is 81.2 Å². The lowest BCUT2D eigenvalue weighted by molar-refractivity contribution is -0.384. The van der Waals surface area contributed by atoms with Crippen molar-refractivity contribution < 1.29 is 9.31 Å². The Balaban J connectivity index is 2.38. The van der Waals surface area contributed by atoms with Crippen molar-refractivity contribution in [1.82, 2.24) is 0 Å². The summed E-state index contributed by atoms with van der Waals surface area (Å²) in [5.41, 5.74) is 5.32. The summed E-state index contributed by atoms with van der Waals surface area (Å²) in [6, 6.07) is 2.09. The average molecular weight is 288 g/mol. The third kappa shape index (κ3) is 2.79. The monoisotopic (exact) mass is 287 g/mol. The Labute approximate surface area is 115 Å². The van der Waals surface area contributed by atoms with Crippen molar-refractivity contribution in [3.8, 4) is 0 Å².